The van der Waals surface area contributed by atoms with Gasteiger partial charge in [-0.05, 0) is 31.5 Å². The summed E-state index contributed by atoms with van der Waals surface area (Å²) in [6, 6.07) is 6.78. The minimum Gasteiger partial charge on any atom is -0.478 e. The first-order valence-electron chi connectivity index (χ1n) is 4.19. The lowest BCUT2D eigenvalue weighted by molar-refractivity contribution is -0.130. The number of allylic oxidation sites excluding steroid dienone is 1. The van der Waals surface area contributed by atoms with Gasteiger partial charge in [0.2, 0.25) is 0 Å². The van der Waals surface area contributed by atoms with Crippen molar-refractivity contribution >= 4 is 23.1 Å². The van der Waals surface area contributed by atoms with Gasteiger partial charge >= 0.3 is 5.97 Å². The first-order chi connectivity index (χ1) is 6.52. The predicted octanol–water partition coefficient (Wildman–Crippen LogP) is 3.22. The van der Waals surface area contributed by atoms with Gasteiger partial charge in [0, 0.05) is 5.02 Å². The Morgan fingerprint density at radius 3 is 2.07 bits per heavy atom. The molecule has 0 radical (unpaired) electrons. The number of carboxylic acid groups (broad SMARTS) is 1. The molecule has 0 fully saturated rings. The summed E-state index contributed by atoms with van der Waals surface area (Å²) in [5.74, 6) is -0.910. The Morgan fingerprint density at radius 2 is 1.71 bits per heavy atom. The molecule has 1 aromatic rings. The van der Waals surface area contributed by atoms with E-state index in [1.165, 1.54) is 0 Å². The van der Waals surface area contributed by atoms with Gasteiger partial charge in [-0.25, -0.2) is 4.79 Å². The number of hydrogen-bond acceptors (Lipinski definition) is 1. The SMILES string of the molecule is CC(C)=C(C(=O)O)c1ccc(Cl)cc1. The van der Waals surface area contributed by atoms with Gasteiger partial charge in [-0.2, -0.15) is 0 Å². The number of carbonyl (C=O) groups is 1. The van der Waals surface area contributed by atoms with E-state index in [1.807, 2.05) is 0 Å². The van der Waals surface area contributed by atoms with Crippen LogP contribution in [0.2, 0.25) is 5.02 Å². The van der Waals surface area contributed by atoms with Gasteiger partial charge in [0.05, 0.1) is 5.57 Å². The standard InChI is InChI=1S/C11H11ClO2/c1-7(2)10(11(13)14)8-3-5-9(12)6-4-8/h3-6H,1-2H3,(H,13,14). The smallest absolute Gasteiger partial charge is 0.336 e. The average molecular weight is 211 g/mol. The lowest BCUT2D eigenvalue weighted by Crippen LogP contribution is -2.01. The third kappa shape index (κ3) is 2.36. The van der Waals surface area contributed by atoms with E-state index in [0.29, 0.717) is 16.2 Å². The minimum atomic E-state index is -0.910. The summed E-state index contributed by atoms with van der Waals surface area (Å²) < 4.78 is 0. The molecule has 1 N–H and O–H groups in total. The highest BCUT2D eigenvalue weighted by atomic mass is 35.5. The van der Waals surface area contributed by atoms with Crippen molar-refractivity contribution in [1.82, 2.24) is 0 Å². The Hall–Kier alpha value is -1.28. The fourth-order valence-electron chi connectivity index (χ4n) is 1.24. The summed E-state index contributed by atoms with van der Waals surface area (Å²) in [4.78, 5) is 10.9. The monoisotopic (exact) mass is 210 g/mol. The number of carboxylic acids is 1. The highest BCUT2D eigenvalue weighted by Crippen LogP contribution is 2.20. The third-order valence-electron chi connectivity index (χ3n) is 1.85. The second-order valence-electron chi connectivity index (χ2n) is 3.19. The lowest BCUT2D eigenvalue weighted by atomic mass is 10.0. The van der Waals surface area contributed by atoms with Crippen LogP contribution in [0.5, 0.6) is 0 Å². The van der Waals surface area contributed by atoms with Gasteiger partial charge in [-0.15, -0.1) is 0 Å². The summed E-state index contributed by atoms with van der Waals surface area (Å²) in [7, 11) is 0. The first kappa shape index (κ1) is 10.8. The van der Waals surface area contributed by atoms with Crippen molar-refractivity contribution in [1.29, 1.82) is 0 Å². The number of aliphatic carboxylic acids is 1. The molecule has 74 valence electrons. The summed E-state index contributed by atoms with van der Waals surface area (Å²) in [5.41, 5.74) is 1.79. The molecule has 0 aliphatic heterocycles. The molecular weight excluding hydrogens is 200 g/mol. The molecule has 0 saturated carbocycles. The van der Waals surface area contributed by atoms with Gasteiger partial charge in [0.1, 0.15) is 0 Å². The van der Waals surface area contributed by atoms with Crippen molar-refractivity contribution < 1.29 is 9.90 Å². The molecule has 0 heterocycles. The van der Waals surface area contributed by atoms with Gasteiger partial charge in [-0.3, -0.25) is 0 Å². The molecular formula is C11H11ClO2. The molecule has 0 aliphatic rings. The zero-order valence-electron chi connectivity index (χ0n) is 8.04. The third-order valence-corrected chi connectivity index (χ3v) is 2.10. The Balaban J connectivity index is 3.21. The van der Waals surface area contributed by atoms with Crippen LogP contribution < -0.4 is 0 Å². The second-order valence-corrected chi connectivity index (χ2v) is 3.62. The van der Waals surface area contributed by atoms with Gasteiger partial charge in [-0.1, -0.05) is 29.3 Å². The van der Waals surface area contributed by atoms with Crippen LogP contribution in [0.4, 0.5) is 0 Å². The van der Waals surface area contributed by atoms with Gasteiger partial charge in [0.15, 0.2) is 0 Å². The zero-order valence-corrected chi connectivity index (χ0v) is 8.80. The van der Waals surface area contributed by atoms with Crippen molar-refractivity contribution in [2.45, 2.75) is 13.8 Å². The van der Waals surface area contributed by atoms with E-state index < -0.39 is 5.97 Å². The summed E-state index contributed by atoms with van der Waals surface area (Å²) >= 11 is 5.71. The van der Waals surface area contributed by atoms with Crippen LogP contribution in [0.1, 0.15) is 19.4 Å². The molecule has 14 heavy (non-hydrogen) atoms. The van der Waals surface area contributed by atoms with Crippen LogP contribution in [-0.2, 0) is 4.79 Å². The maximum atomic E-state index is 10.9. The Morgan fingerprint density at radius 1 is 1.21 bits per heavy atom. The topological polar surface area (TPSA) is 37.3 Å². The van der Waals surface area contributed by atoms with Crippen LogP contribution in [-0.4, -0.2) is 11.1 Å². The maximum Gasteiger partial charge on any atom is 0.336 e. The number of rotatable bonds is 2. The molecule has 0 bridgehead atoms. The van der Waals surface area contributed by atoms with Crippen LogP contribution in [0.3, 0.4) is 0 Å². The number of halogens is 1. The molecule has 3 heteroatoms. The van der Waals surface area contributed by atoms with E-state index in [4.69, 9.17) is 16.7 Å². The second kappa shape index (κ2) is 4.29. The van der Waals surface area contributed by atoms with Crippen LogP contribution in [0.15, 0.2) is 29.8 Å². The number of hydrogen-bond donors (Lipinski definition) is 1. The van der Waals surface area contributed by atoms with Gasteiger partial charge in [0.25, 0.3) is 0 Å². The van der Waals surface area contributed by atoms with E-state index in [-0.39, 0.29) is 0 Å². The fraction of sp³-hybridized carbons (Fsp3) is 0.182. The molecule has 0 unspecified atom stereocenters. The van der Waals surface area contributed by atoms with Crippen molar-refractivity contribution in [2.75, 3.05) is 0 Å². The van der Waals surface area contributed by atoms with Crippen molar-refractivity contribution in [2.24, 2.45) is 0 Å². The van der Waals surface area contributed by atoms with E-state index in [1.54, 1.807) is 38.1 Å². The molecule has 1 rings (SSSR count). The van der Waals surface area contributed by atoms with Crippen molar-refractivity contribution in [3.8, 4) is 0 Å². The summed E-state index contributed by atoms with van der Waals surface area (Å²) in [6.07, 6.45) is 0. The van der Waals surface area contributed by atoms with E-state index in [2.05, 4.69) is 0 Å². The lowest BCUT2D eigenvalue weighted by Gasteiger charge is -2.04. The van der Waals surface area contributed by atoms with Gasteiger partial charge < -0.3 is 5.11 Å². The van der Waals surface area contributed by atoms with E-state index in [9.17, 15) is 4.79 Å². The quantitative estimate of drug-likeness (QED) is 0.761. The van der Waals surface area contributed by atoms with Crippen molar-refractivity contribution in [3.63, 3.8) is 0 Å². The molecule has 2 nitrogen and oxygen atoms in total. The number of benzene rings is 1. The van der Waals surface area contributed by atoms with Crippen LogP contribution in [0.25, 0.3) is 5.57 Å². The largest absolute Gasteiger partial charge is 0.478 e. The Bertz CT molecular complexity index is 373. The zero-order chi connectivity index (χ0) is 10.7. The minimum absolute atomic E-state index is 0.335. The summed E-state index contributed by atoms with van der Waals surface area (Å²) in [6.45, 7) is 3.55. The average Bonchev–Trinajstić information content (AvgIpc) is 2.07. The normalized spacial score (nSPS) is 9.64. The Labute approximate surface area is 87.8 Å². The van der Waals surface area contributed by atoms with Crippen LogP contribution >= 0.6 is 11.6 Å². The highest BCUT2D eigenvalue weighted by molar-refractivity contribution is 6.30. The molecule has 0 spiro atoms. The molecule has 0 atom stereocenters. The van der Waals surface area contributed by atoms with Crippen LogP contribution in [0, 0.1) is 0 Å². The molecule has 0 amide bonds. The van der Waals surface area contributed by atoms with E-state index >= 15 is 0 Å². The van der Waals surface area contributed by atoms with Crippen molar-refractivity contribution in [3.05, 3.63) is 40.4 Å². The molecule has 0 aliphatic carbocycles. The maximum absolute atomic E-state index is 10.9. The first-order valence-corrected chi connectivity index (χ1v) is 4.57. The predicted molar refractivity (Wildman–Crippen MR) is 57.4 cm³/mol. The molecule has 0 aromatic heterocycles. The van der Waals surface area contributed by atoms with E-state index in [0.717, 1.165) is 5.57 Å². The fourth-order valence-corrected chi connectivity index (χ4v) is 1.37. The molecule has 0 saturated heterocycles. The summed E-state index contributed by atoms with van der Waals surface area (Å²) in [5, 5.41) is 9.58. The Kier molecular flexibility index (Phi) is 3.31. The highest BCUT2D eigenvalue weighted by Gasteiger charge is 2.11. The molecule has 1 aromatic carbocycles.